The van der Waals surface area contributed by atoms with Crippen molar-refractivity contribution in [3.05, 3.63) is 35.4 Å². The van der Waals surface area contributed by atoms with Crippen LogP contribution < -0.4 is 0 Å². The lowest BCUT2D eigenvalue weighted by atomic mass is 10.0. The first-order valence-corrected chi connectivity index (χ1v) is 6.54. The van der Waals surface area contributed by atoms with Gasteiger partial charge < -0.3 is 0 Å². The minimum absolute atomic E-state index is 0. The third-order valence-electron chi connectivity index (χ3n) is 1.74. The van der Waals surface area contributed by atoms with E-state index >= 15 is 0 Å². The summed E-state index contributed by atoms with van der Waals surface area (Å²) in [5.74, 6) is 0.653. The average Bonchev–Trinajstić information content (AvgIpc) is 2.06. The van der Waals surface area contributed by atoms with Crippen LogP contribution in [0.3, 0.4) is 0 Å². The Morgan fingerprint density at radius 2 is 1.43 bits per heavy atom. The van der Waals surface area contributed by atoms with Crippen molar-refractivity contribution in [2.24, 2.45) is 0 Å². The summed E-state index contributed by atoms with van der Waals surface area (Å²) in [6.07, 6.45) is 0. The highest BCUT2D eigenvalue weighted by Gasteiger charge is 1.95. The summed E-state index contributed by atoms with van der Waals surface area (Å²) in [6.45, 7) is 6.54. The summed E-state index contributed by atoms with van der Waals surface area (Å²) >= 11 is 0. The van der Waals surface area contributed by atoms with Crippen molar-refractivity contribution < 1.29 is 0 Å². The third kappa shape index (κ3) is 8.21. The molecule has 1 aromatic carbocycles. The van der Waals surface area contributed by atoms with Crippen LogP contribution in [0.5, 0.6) is 0 Å². The van der Waals surface area contributed by atoms with E-state index in [1.165, 1.54) is 11.1 Å². The maximum absolute atomic E-state index is 4.68. The lowest BCUT2D eigenvalue weighted by molar-refractivity contribution is 0.866. The second-order valence-corrected chi connectivity index (χ2v) is 4.64. The number of hydrogen-bond acceptors (Lipinski definition) is 1. The average molecular weight is 365 g/mol. The van der Waals surface area contributed by atoms with Crippen molar-refractivity contribution in [2.75, 3.05) is 0 Å². The fourth-order valence-corrected chi connectivity index (χ4v) is 0.951. The molecular formula is C10H15Cl2IS. The normalized spacial score (nSPS) is 8.71. The minimum Gasteiger partial charge on any atom is -0.107 e. The molecule has 0 fully saturated rings. The number of aryl methyl sites for hydroxylation is 1. The fraction of sp³-hybridized carbons (Fsp3) is 0.400. The van der Waals surface area contributed by atoms with Gasteiger partial charge in [0, 0.05) is 0 Å². The molecule has 0 aliphatic carbocycles. The molecule has 0 radical (unpaired) electrons. The van der Waals surface area contributed by atoms with Crippen LogP contribution in [0.1, 0.15) is 30.9 Å². The Morgan fingerprint density at radius 3 is 1.71 bits per heavy atom. The van der Waals surface area contributed by atoms with E-state index in [2.05, 4.69) is 66.4 Å². The van der Waals surface area contributed by atoms with Gasteiger partial charge in [0.2, 0.25) is 0 Å². The highest BCUT2D eigenvalue weighted by molar-refractivity contribution is 14.0. The molecular weight excluding hydrogens is 350 g/mol. The van der Waals surface area contributed by atoms with Gasteiger partial charge >= 0.3 is 0 Å². The van der Waals surface area contributed by atoms with E-state index < -0.39 is 0 Å². The standard InChI is InChI=1S/C10H14.Cl2S.HI/c1-8(2)10-6-4-9(3)5-7-10;1-3-2;/h4-8H,1-3H3;;1H. The van der Waals surface area contributed by atoms with Crippen molar-refractivity contribution >= 4 is 55.5 Å². The van der Waals surface area contributed by atoms with Crippen molar-refractivity contribution in [3.63, 3.8) is 0 Å². The Hall–Kier alpha value is 0.880. The van der Waals surface area contributed by atoms with E-state index in [0.29, 0.717) is 16.1 Å². The summed E-state index contributed by atoms with van der Waals surface area (Å²) in [5, 5.41) is 0. The smallest absolute Gasteiger partial charge is 0.0523 e. The number of benzene rings is 1. The van der Waals surface area contributed by atoms with E-state index in [0.717, 1.165) is 0 Å². The van der Waals surface area contributed by atoms with E-state index in [9.17, 15) is 0 Å². The summed E-state index contributed by atoms with van der Waals surface area (Å²) in [6, 6.07) is 8.71. The molecule has 0 N–H and O–H groups in total. The van der Waals surface area contributed by atoms with Gasteiger partial charge in [0.25, 0.3) is 0 Å². The van der Waals surface area contributed by atoms with Crippen LogP contribution in [0.2, 0.25) is 0 Å². The van der Waals surface area contributed by atoms with Gasteiger partial charge in [0.15, 0.2) is 0 Å². The quantitative estimate of drug-likeness (QED) is 0.570. The van der Waals surface area contributed by atoms with Crippen LogP contribution in [0.4, 0.5) is 0 Å². The topological polar surface area (TPSA) is 0 Å². The van der Waals surface area contributed by atoms with Crippen LogP contribution in [-0.4, -0.2) is 0 Å². The highest BCUT2D eigenvalue weighted by Crippen LogP contribution is 2.13. The molecule has 0 bridgehead atoms. The zero-order chi connectivity index (χ0) is 10.3. The molecule has 0 atom stereocenters. The van der Waals surface area contributed by atoms with E-state index in [4.69, 9.17) is 0 Å². The molecule has 0 amide bonds. The van der Waals surface area contributed by atoms with Gasteiger partial charge in [-0.2, -0.15) is 0 Å². The van der Waals surface area contributed by atoms with Gasteiger partial charge in [-0.1, -0.05) is 43.7 Å². The van der Waals surface area contributed by atoms with Gasteiger partial charge in [-0.3, -0.25) is 0 Å². The number of hydrogen-bond donors (Lipinski definition) is 0. The third-order valence-corrected chi connectivity index (χ3v) is 1.74. The van der Waals surface area contributed by atoms with Gasteiger partial charge in [-0.25, -0.2) is 0 Å². The molecule has 14 heavy (non-hydrogen) atoms. The summed E-state index contributed by atoms with van der Waals surface area (Å²) in [4.78, 5) is 0. The Morgan fingerprint density at radius 1 is 1.07 bits per heavy atom. The molecule has 82 valence electrons. The monoisotopic (exact) mass is 364 g/mol. The first-order chi connectivity index (χ1) is 6.11. The molecule has 0 saturated heterocycles. The molecule has 4 heteroatoms. The van der Waals surface area contributed by atoms with Gasteiger partial charge in [-0.05, 0) is 39.8 Å². The van der Waals surface area contributed by atoms with Crippen molar-refractivity contribution in [1.82, 2.24) is 0 Å². The molecule has 0 aliphatic heterocycles. The Labute approximate surface area is 117 Å². The maximum atomic E-state index is 4.68. The summed E-state index contributed by atoms with van der Waals surface area (Å²) in [5.41, 5.74) is 2.76. The van der Waals surface area contributed by atoms with Crippen molar-refractivity contribution in [2.45, 2.75) is 26.7 Å². The summed E-state index contributed by atoms with van der Waals surface area (Å²) < 4.78 is 0. The number of halogens is 3. The zero-order valence-corrected chi connectivity index (χ0v) is 13.1. The fourth-order valence-electron chi connectivity index (χ4n) is 0.951. The van der Waals surface area contributed by atoms with Crippen LogP contribution in [0.15, 0.2) is 24.3 Å². The van der Waals surface area contributed by atoms with Crippen LogP contribution in [0, 0.1) is 6.92 Å². The molecule has 0 spiro atoms. The van der Waals surface area contributed by atoms with Gasteiger partial charge in [-0.15, -0.1) is 24.0 Å². The Kier molecular flexibility index (Phi) is 12.8. The minimum atomic E-state index is 0. The second kappa shape index (κ2) is 10.4. The van der Waals surface area contributed by atoms with E-state index in [1.54, 1.807) is 0 Å². The lowest BCUT2D eigenvalue weighted by Gasteiger charge is -2.03. The van der Waals surface area contributed by atoms with Crippen molar-refractivity contribution in [3.8, 4) is 0 Å². The molecule has 0 aromatic heterocycles. The van der Waals surface area contributed by atoms with E-state index in [-0.39, 0.29) is 24.0 Å². The van der Waals surface area contributed by atoms with Gasteiger partial charge in [0.1, 0.15) is 0 Å². The van der Waals surface area contributed by atoms with Crippen LogP contribution in [0.25, 0.3) is 0 Å². The molecule has 0 nitrogen and oxygen atoms in total. The zero-order valence-electron chi connectivity index (χ0n) is 8.46. The Bertz CT molecular complexity index is 224. The Balaban J connectivity index is 0. The number of rotatable bonds is 1. The lowest BCUT2D eigenvalue weighted by Crippen LogP contribution is -1.85. The van der Waals surface area contributed by atoms with Crippen molar-refractivity contribution in [1.29, 1.82) is 0 Å². The molecule has 0 saturated carbocycles. The van der Waals surface area contributed by atoms with Crippen LogP contribution in [-0.2, 0) is 0 Å². The first-order valence-electron chi connectivity index (χ1n) is 4.07. The SMILES string of the molecule is Cc1ccc(C(C)C)cc1.ClSCl.I. The molecule has 0 aliphatic rings. The van der Waals surface area contributed by atoms with Gasteiger partial charge in [0.05, 0.1) is 10.2 Å². The first kappa shape index (κ1) is 17.3. The molecule has 1 aromatic rings. The predicted molar refractivity (Wildman–Crippen MR) is 80.0 cm³/mol. The maximum Gasteiger partial charge on any atom is 0.0523 e. The van der Waals surface area contributed by atoms with E-state index in [1.807, 2.05) is 0 Å². The molecule has 0 heterocycles. The second-order valence-electron chi connectivity index (χ2n) is 3.12. The molecule has 1 rings (SSSR count). The summed E-state index contributed by atoms with van der Waals surface area (Å²) in [7, 11) is 10.1. The van der Waals surface area contributed by atoms with Crippen LogP contribution >= 0.6 is 55.5 Å². The molecule has 0 unspecified atom stereocenters. The highest BCUT2D eigenvalue weighted by atomic mass is 127. The predicted octanol–water partition coefficient (Wildman–Crippen LogP) is 5.76. The largest absolute Gasteiger partial charge is 0.107 e.